The molecule has 0 radical (unpaired) electrons. The van der Waals surface area contributed by atoms with E-state index in [1.807, 2.05) is 0 Å². The highest BCUT2D eigenvalue weighted by molar-refractivity contribution is 5.43. The van der Waals surface area contributed by atoms with Gasteiger partial charge in [-0.25, -0.2) is 0 Å². The number of nitrogens with one attached hydrogen (secondary N) is 1. The van der Waals surface area contributed by atoms with Gasteiger partial charge in [-0.15, -0.1) is 0 Å². The van der Waals surface area contributed by atoms with E-state index in [9.17, 15) is 0 Å². The van der Waals surface area contributed by atoms with Gasteiger partial charge in [0.05, 0.1) is 13.7 Å². The summed E-state index contributed by atoms with van der Waals surface area (Å²) in [5, 5.41) is 3.63. The zero-order chi connectivity index (χ0) is 13.8. The van der Waals surface area contributed by atoms with Gasteiger partial charge in [0.1, 0.15) is 5.75 Å². The van der Waals surface area contributed by atoms with Crippen LogP contribution in [0.4, 0.5) is 0 Å². The molecule has 0 amide bonds. The lowest BCUT2D eigenvalue weighted by atomic mass is 9.88. The molecule has 106 valence electrons. The van der Waals surface area contributed by atoms with Gasteiger partial charge in [0, 0.05) is 18.6 Å². The average Bonchev–Trinajstić information content (AvgIpc) is 2.92. The molecule has 19 heavy (non-hydrogen) atoms. The average molecular weight is 263 g/mol. The Kier molecular flexibility index (Phi) is 4.83. The molecule has 3 heteroatoms. The molecule has 1 heterocycles. The van der Waals surface area contributed by atoms with Crippen molar-refractivity contribution < 1.29 is 9.47 Å². The molecule has 1 fully saturated rings. The summed E-state index contributed by atoms with van der Waals surface area (Å²) in [6.07, 6.45) is 1.14. The Hall–Kier alpha value is -1.06. The zero-order valence-electron chi connectivity index (χ0n) is 12.5. The highest BCUT2D eigenvalue weighted by Crippen LogP contribution is 2.33. The molecule has 3 nitrogen and oxygen atoms in total. The number of ether oxygens (including phenoxy) is 2. The van der Waals surface area contributed by atoms with Crippen LogP contribution in [0.25, 0.3) is 0 Å². The lowest BCUT2D eigenvalue weighted by molar-refractivity contribution is 0.177. The molecule has 1 aliphatic heterocycles. The standard InChI is InChI=1S/C16H25NO2/c1-5-17-16(13-6-7-19-10-13)14-8-12(3)15(18-4)9-11(14)2/h8-9,13,16-17H,5-7,10H2,1-4H3. The van der Waals surface area contributed by atoms with Gasteiger partial charge in [0.25, 0.3) is 0 Å². The highest BCUT2D eigenvalue weighted by Gasteiger charge is 2.27. The third-order valence-electron chi connectivity index (χ3n) is 3.98. The number of rotatable bonds is 5. The van der Waals surface area contributed by atoms with E-state index in [1.165, 1.54) is 16.7 Å². The molecule has 0 aromatic heterocycles. The Morgan fingerprint density at radius 3 is 2.74 bits per heavy atom. The Labute approximate surface area is 116 Å². The molecular weight excluding hydrogens is 238 g/mol. The van der Waals surface area contributed by atoms with Crippen LogP contribution in [0.5, 0.6) is 5.75 Å². The van der Waals surface area contributed by atoms with Crippen LogP contribution in [-0.4, -0.2) is 26.9 Å². The third kappa shape index (κ3) is 3.10. The van der Waals surface area contributed by atoms with Gasteiger partial charge in [0.2, 0.25) is 0 Å². The van der Waals surface area contributed by atoms with Gasteiger partial charge < -0.3 is 14.8 Å². The van der Waals surface area contributed by atoms with Crippen molar-refractivity contribution in [2.45, 2.75) is 33.2 Å². The number of hydrogen-bond donors (Lipinski definition) is 1. The van der Waals surface area contributed by atoms with Crippen LogP contribution in [-0.2, 0) is 4.74 Å². The van der Waals surface area contributed by atoms with Gasteiger partial charge in [-0.1, -0.05) is 13.0 Å². The summed E-state index contributed by atoms with van der Waals surface area (Å²) < 4.78 is 11.0. The molecule has 2 unspecified atom stereocenters. The Morgan fingerprint density at radius 1 is 1.37 bits per heavy atom. The van der Waals surface area contributed by atoms with E-state index < -0.39 is 0 Å². The van der Waals surface area contributed by atoms with E-state index >= 15 is 0 Å². The Morgan fingerprint density at radius 2 is 2.16 bits per heavy atom. The van der Waals surface area contributed by atoms with Crippen molar-refractivity contribution in [1.82, 2.24) is 5.32 Å². The first-order chi connectivity index (χ1) is 9.17. The first-order valence-corrected chi connectivity index (χ1v) is 7.13. The topological polar surface area (TPSA) is 30.5 Å². The number of methoxy groups -OCH3 is 1. The summed E-state index contributed by atoms with van der Waals surface area (Å²) in [7, 11) is 1.73. The van der Waals surface area contributed by atoms with Gasteiger partial charge in [-0.05, 0) is 49.6 Å². The molecule has 1 aromatic rings. The molecule has 0 saturated carbocycles. The van der Waals surface area contributed by atoms with Crippen molar-refractivity contribution in [2.75, 3.05) is 26.9 Å². The predicted octanol–water partition coefficient (Wildman–Crippen LogP) is 3.00. The van der Waals surface area contributed by atoms with Crippen LogP contribution in [0.15, 0.2) is 12.1 Å². The van der Waals surface area contributed by atoms with E-state index in [2.05, 4.69) is 38.2 Å². The summed E-state index contributed by atoms with van der Waals surface area (Å²) in [6.45, 7) is 9.16. The van der Waals surface area contributed by atoms with Crippen molar-refractivity contribution in [2.24, 2.45) is 5.92 Å². The van der Waals surface area contributed by atoms with Crippen LogP contribution < -0.4 is 10.1 Å². The first kappa shape index (κ1) is 14.4. The lowest BCUT2D eigenvalue weighted by Gasteiger charge is -2.26. The monoisotopic (exact) mass is 263 g/mol. The number of benzene rings is 1. The number of hydrogen-bond acceptors (Lipinski definition) is 3. The second-order valence-electron chi connectivity index (χ2n) is 5.34. The van der Waals surface area contributed by atoms with Gasteiger partial charge in [-0.3, -0.25) is 0 Å². The highest BCUT2D eigenvalue weighted by atomic mass is 16.5. The second-order valence-corrected chi connectivity index (χ2v) is 5.34. The van der Waals surface area contributed by atoms with Crippen LogP contribution in [0.2, 0.25) is 0 Å². The molecule has 0 bridgehead atoms. The fraction of sp³-hybridized carbons (Fsp3) is 0.625. The van der Waals surface area contributed by atoms with Crippen molar-refractivity contribution >= 4 is 0 Å². The van der Waals surface area contributed by atoms with Crippen molar-refractivity contribution in [1.29, 1.82) is 0 Å². The molecular formula is C16H25NO2. The van der Waals surface area contributed by atoms with Crippen LogP contribution in [0.3, 0.4) is 0 Å². The Balaban J connectivity index is 2.32. The largest absolute Gasteiger partial charge is 0.496 e. The maximum Gasteiger partial charge on any atom is 0.122 e. The summed E-state index contributed by atoms with van der Waals surface area (Å²) >= 11 is 0. The minimum absolute atomic E-state index is 0.386. The fourth-order valence-corrected chi connectivity index (χ4v) is 2.93. The lowest BCUT2D eigenvalue weighted by Crippen LogP contribution is -2.29. The normalized spacial score (nSPS) is 20.5. The van der Waals surface area contributed by atoms with Crippen molar-refractivity contribution in [3.05, 3.63) is 28.8 Å². The fourth-order valence-electron chi connectivity index (χ4n) is 2.93. The Bertz CT molecular complexity index is 425. The maximum atomic E-state index is 5.56. The number of aryl methyl sites for hydroxylation is 2. The molecule has 2 rings (SSSR count). The summed E-state index contributed by atoms with van der Waals surface area (Å²) in [5.41, 5.74) is 3.88. The molecule has 0 aliphatic carbocycles. The zero-order valence-corrected chi connectivity index (χ0v) is 12.5. The minimum atomic E-state index is 0.386. The maximum absolute atomic E-state index is 5.56. The van der Waals surface area contributed by atoms with E-state index in [1.54, 1.807) is 7.11 Å². The third-order valence-corrected chi connectivity index (χ3v) is 3.98. The first-order valence-electron chi connectivity index (χ1n) is 7.13. The van der Waals surface area contributed by atoms with E-state index in [0.29, 0.717) is 12.0 Å². The van der Waals surface area contributed by atoms with E-state index in [0.717, 1.165) is 31.9 Å². The molecule has 1 saturated heterocycles. The molecule has 1 aromatic carbocycles. The quantitative estimate of drug-likeness (QED) is 0.886. The van der Waals surface area contributed by atoms with Gasteiger partial charge in [-0.2, -0.15) is 0 Å². The van der Waals surface area contributed by atoms with Crippen molar-refractivity contribution in [3.8, 4) is 5.75 Å². The molecule has 2 atom stereocenters. The van der Waals surface area contributed by atoms with E-state index in [-0.39, 0.29) is 0 Å². The van der Waals surface area contributed by atoms with Crippen LogP contribution in [0, 0.1) is 19.8 Å². The SMILES string of the molecule is CCNC(c1cc(C)c(OC)cc1C)C1CCOC1. The summed E-state index contributed by atoms with van der Waals surface area (Å²) in [6, 6.07) is 4.79. The molecule has 1 N–H and O–H groups in total. The smallest absolute Gasteiger partial charge is 0.122 e. The summed E-state index contributed by atoms with van der Waals surface area (Å²) in [4.78, 5) is 0. The molecule has 0 spiro atoms. The van der Waals surface area contributed by atoms with Crippen molar-refractivity contribution in [3.63, 3.8) is 0 Å². The van der Waals surface area contributed by atoms with Gasteiger partial charge >= 0.3 is 0 Å². The van der Waals surface area contributed by atoms with Crippen LogP contribution in [0.1, 0.15) is 36.1 Å². The second kappa shape index (κ2) is 6.40. The summed E-state index contributed by atoms with van der Waals surface area (Å²) in [5.74, 6) is 1.55. The predicted molar refractivity (Wildman–Crippen MR) is 77.8 cm³/mol. The molecule has 1 aliphatic rings. The minimum Gasteiger partial charge on any atom is -0.496 e. The van der Waals surface area contributed by atoms with Crippen LogP contribution >= 0.6 is 0 Å². The van der Waals surface area contributed by atoms with E-state index in [4.69, 9.17) is 9.47 Å². The van der Waals surface area contributed by atoms with Gasteiger partial charge in [0.15, 0.2) is 0 Å².